The first kappa shape index (κ1) is 27.1. The van der Waals surface area contributed by atoms with Crippen LogP contribution >= 0.6 is 34.8 Å². The van der Waals surface area contributed by atoms with Gasteiger partial charge in [0.2, 0.25) is 10.0 Å². The second-order valence-corrected chi connectivity index (χ2v) is 10.5. The summed E-state index contributed by atoms with van der Waals surface area (Å²) in [4.78, 5) is 15.9. The maximum Gasteiger partial charge on any atom is 0.433 e. The summed E-state index contributed by atoms with van der Waals surface area (Å²) in [5.74, 6) is -0.567. The second-order valence-electron chi connectivity index (χ2n) is 7.38. The number of sulfonamides is 1. The summed E-state index contributed by atoms with van der Waals surface area (Å²) >= 11 is 18.5. The molecule has 2 aromatic carbocycles. The van der Waals surface area contributed by atoms with Gasteiger partial charge in [-0.3, -0.25) is 14.1 Å². The fraction of sp³-hybridized carbons (Fsp3) is 0.182. The lowest BCUT2D eigenvalue weighted by Crippen LogP contribution is -2.30. The fourth-order valence-electron chi connectivity index (χ4n) is 3.04. The summed E-state index contributed by atoms with van der Waals surface area (Å²) in [6, 6.07) is 10.9. The van der Waals surface area contributed by atoms with E-state index in [1.165, 1.54) is 24.3 Å². The number of pyridine rings is 1. The highest BCUT2D eigenvalue weighted by Gasteiger charge is 2.32. The predicted octanol–water partition coefficient (Wildman–Crippen LogP) is 5.96. The molecular formula is C22H17Cl3F3N3O3S. The number of amides is 1. The van der Waals surface area contributed by atoms with Crippen LogP contribution in [-0.4, -0.2) is 25.6 Å². The van der Waals surface area contributed by atoms with E-state index >= 15 is 0 Å². The number of nitrogens with one attached hydrogen (secondary N) is 1. The number of alkyl halides is 3. The van der Waals surface area contributed by atoms with Gasteiger partial charge in [0.05, 0.1) is 33.6 Å². The number of anilines is 1. The Morgan fingerprint density at radius 1 is 1.06 bits per heavy atom. The van der Waals surface area contributed by atoms with Crippen LogP contribution in [0.5, 0.6) is 0 Å². The van der Waals surface area contributed by atoms with Crippen LogP contribution in [0.3, 0.4) is 0 Å². The van der Waals surface area contributed by atoms with E-state index in [0.717, 1.165) is 22.8 Å². The van der Waals surface area contributed by atoms with Gasteiger partial charge in [-0.05, 0) is 41.5 Å². The molecule has 0 fully saturated rings. The Balaban J connectivity index is 1.78. The lowest BCUT2D eigenvalue weighted by atomic mass is 10.1. The Bertz CT molecular complexity index is 1350. The van der Waals surface area contributed by atoms with E-state index < -0.39 is 27.8 Å². The smallest absolute Gasteiger partial charge is 0.348 e. The van der Waals surface area contributed by atoms with Gasteiger partial charge in [-0.1, -0.05) is 53.0 Å². The average Bonchev–Trinajstić information content (AvgIpc) is 2.77. The van der Waals surface area contributed by atoms with E-state index in [2.05, 4.69) is 10.3 Å². The van der Waals surface area contributed by atoms with E-state index in [9.17, 15) is 26.4 Å². The molecule has 186 valence electrons. The third kappa shape index (κ3) is 6.78. The number of carbonyl (C=O) groups excluding carboxylic acids is 1. The highest BCUT2D eigenvalue weighted by atomic mass is 35.5. The number of halogens is 6. The van der Waals surface area contributed by atoms with Crippen LogP contribution in [0, 0.1) is 0 Å². The number of aromatic nitrogens is 1. The summed E-state index contributed by atoms with van der Waals surface area (Å²) in [5, 5.41) is 3.00. The van der Waals surface area contributed by atoms with Gasteiger partial charge in [0.15, 0.2) is 0 Å². The SMILES string of the molecule is CS(=O)(=O)N(Cc1cccc(Cl)c1Cl)c1ccc(C(=O)NCc2ccc(C(F)(F)F)nc2)cc1Cl. The lowest BCUT2D eigenvalue weighted by Gasteiger charge is -2.24. The predicted molar refractivity (Wildman–Crippen MR) is 129 cm³/mol. The van der Waals surface area contributed by atoms with Crippen molar-refractivity contribution in [2.24, 2.45) is 0 Å². The normalized spacial score (nSPS) is 11.9. The van der Waals surface area contributed by atoms with Gasteiger partial charge in [-0.25, -0.2) is 8.42 Å². The molecule has 0 spiro atoms. The van der Waals surface area contributed by atoms with Crippen LogP contribution in [0.1, 0.15) is 27.2 Å². The van der Waals surface area contributed by atoms with Crippen LogP contribution in [0.15, 0.2) is 54.7 Å². The molecule has 1 amide bonds. The fourth-order valence-corrected chi connectivity index (χ4v) is 4.64. The maximum atomic E-state index is 12.6. The van der Waals surface area contributed by atoms with Crippen LogP contribution in [-0.2, 0) is 29.3 Å². The summed E-state index contributed by atoms with van der Waals surface area (Å²) in [5.41, 5.74) is 0.00865. The molecule has 0 aliphatic rings. The van der Waals surface area contributed by atoms with Gasteiger partial charge in [0.25, 0.3) is 5.91 Å². The monoisotopic (exact) mass is 565 g/mol. The molecule has 0 bridgehead atoms. The van der Waals surface area contributed by atoms with Crippen molar-refractivity contribution >= 4 is 56.4 Å². The minimum absolute atomic E-state index is 0.0163. The quantitative estimate of drug-likeness (QED) is 0.383. The first-order valence-electron chi connectivity index (χ1n) is 9.78. The Morgan fingerprint density at radius 2 is 1.77 bits per heavy atom. The third-order valence-electron chi connectivity index (χ3n) is 4.79. The van der Waals surface area contributed by atoms with Crippen LogP contribution in [0.25, 0.3) is 0 Å². The van der Waals surface area contributed by atoms with Crippen molar-refractivity contribution in [2.75, 3.05) is 10.6 Å². The van der Waals surface area contributed by atoms with Crippen molar-refractivity contribution in [3.8, 4) is 0 Å². The molecular weight excluding hydrogens is 550 g/mol. The van der Waals surface area contributed by atoms with E-state index in [4.69, 9.17) is 34.8 Å². The first-order chi connectivity index (χ1) is 16.3. The van der Waals surface area contributed by atoms with E-state index in [-0.39, 0.29) is 39.4 Å². The molecule has 0 unspecified atom stereocenters. The summed E-state index contributed by atoms with van der Waals surface area (Å²) in [7, 11) is -3.80. The van der Waals surface area contributed by atoms with Crippen LogP contribution in [0.4, 0.5) is 18.9 Å². The molecule has 0 aliphatic heterocycles. The molecule has 0 saturated heterocycles. The molecule has 0 atom stereocenters. The van der Waals surface area contributed by atoms with Crippen molar-refractivity contribution < 1.29 is 26.4 Å². The number of benzene rings is 2. The van der Waals surface area contributed by atoms with Gasteiger partial charge >= 0.3 is 6.18 Å². The Morgan fingerprint density at radius 3 is 2.34 bits per heavy atom. The minimum atomic E-state index is -4.56. The van der Waals surface area contributed by atoms with Crippen LogP contribution < -0.4 is 9.62 Å². The number of nitrogens with zero attached hydrogens (tertiary/aromatic N) is 2. The third-order valence-corrected chi connectivity index (χ3v) is 7.08. The number of carbonyl (C=O) groups is 1. The number of hydrogen-bond acceptors (Lipinski definition) is 4. The maximum absolute atomic E-state index is 12.6. The molecule has 0 aliphatic carbocycles. The largest absolute Gasteiger partial charge is 0.433 e. The summed E-state index contributed by atoms with van der Waals surface area (Å²) in [6.45, 7) is -0.226. The van der Waals surface area contributed by atoms with E-state index in [0.29, 0.717) is 11.1 Å². The van der Waals surface area contributed by atoms with Gasteiger partial charge in [0.1, 0.15) is 5.69 Å². The molecule has 6 nitrogen and oxygen atoms in total. The van der Waals surface area contributed by atoms with Crippen molar-refractivity contribution in [1.82, 2.24) is 10.3 Å². The van der Waals surface area contributed by atoms with Crippen molar-refractivity contribution in [2.45, 2.75) is 19.3 Å². The Kier molecular flexibility index (Phi) is 8.21. The van der Waals surface area contributed by atoms with Crippen molar-refractivity contribution in [3.63, 3.8) is 0 Å². The molecule has 0 saturated carbocycles. The Hall–Kier alpha value is -2.53. The van der Waals surface area contributed by atoms with Crippen molar-refractivity contribution in [3.05, 3.63) is 92.2 Å². The molecule has 13 heteroatoms. The van der Waals surface area contributed by atoms with Gasteiger partial charge < -0.3 is 5.32 Å². The minimum Gasteiger partial charge on any atom is -0.348 e. The molecule has 0 radical (unpaired) electrons. The summed E-state index contributed by atoms with van der Waals surface area (Å²) < 4.78 is 63.9. The standard InChI is InChI=1S/C22H17Cl3F3N3O3S/c1-35(33,34)31(12-15-3-2-4-16(23)20(15)25)18-7-6-14(9-17(18)24)21(32)30-11-13-5-8-19(29-10-13)22(26,27)28/h2-10H,11-12H2,1H3,(H,30,32). The van der Waals surface area contributed by atoms with E-state index in [1.54, 1.807) is 18.2 Å². The Labute approximate surface area is 214 Å². The zero-order chi connectivity index (χ0) is 26.0. The second kappa shape index (κ2) is 10.6. The number of rotatable bonds is 7. The molecule has 3 rings (SSSR count). The topological polar surface area (TPSA) is 79.4 Å². The van der Waals surface area contributed by atoms with Crippen LogP contribution in [0.2, 0.25) is 15.1 Å². The molecule has 1 aromatic heterocycles. The van der Waals surface area contributed by atoms with Gasteiger partial charge in [-0.2, -0.15) is 13.2 Å². The zero-order valence-electron chi connectivity index (χ0n) is 17.9. The molecule has 3 aromatic rings. The van der Waals surface area contributed by atoms with Gasteiger partial charge in [0, 0.05) is 18.3 Å². The molecule has 35 heavy (non-hydrogen) atoms. The first-order valence-corrected chi connectivity index (χ1v) is 12.8. The van der Waals surface area contributed by atoms with Gasteiger partial charge in [-0.15, -0.1) is 0 Å². The highest BCUT2D eigenvalue weighted by Crippen LogP contribution is 2.33. The highest BCUT2D eigenvalue weighted by molar-refractivity contribution is 7.92. The lowest BCUT2D eigenvalue weighted by molar-refractivity contribution is -0.141. The molecule has 1 heterocycles. The molecule has 1 N–H and O–H groups in total. The van der Waals surface area contributed by atoms with E-state index in [1.807, 2.05) is 0 Å². The summed E-state index contributed by atoms with van der Waals surface area (Å²) in [6.07, 6.45) is -2.54. The number of hydrogen-bond donors (Lipinski definition) is 1. The average molecular weight is 567 g/mol. The van der Waals surface area contributed by atoms with Crippen molar-refractivity contribution in [1.29, 1.82) is 0 Å². The zero-order valence-corrected chi connectivity index (χ0v) is 21.0.